The minimum absolute atomic E-state index is 0.0974. The van der Waals surface area contributed by atoms with Crippen molar-refractivity contribution in [1.82, 2.24) is 5.32 Å². The molecule has 0 spiro atoms. The number of carbonyl (C=O) groups excluding carboxylic acids is 2. The summed E-state index contributed by atoms with van der Waals surface area (Å²) in [5.41, 5.74) is 4.60. The number of carboxylic acid groups (broad SMARTS) is 1. The average molecular weight is 504 g/mol. The van der Waals surface area contributed by atoms with Gasteiger partial charge in [-0.1, -0.05) is 80.6 Å². The van der Waals surface area contributed by atoms with Gasteiger partial charge in [0, 0.05) is 12.3 Å². The van der Waals surface area contributed by atoms with Gasteiger partial charge in [-0.05, 0) is 39.8 Å². The molecule has 1 amide bonds. The number of carboxylic acids is 1. The number of fused-ring (bicyclic) bond motifs is 3. The van der Waals surface area contributed by atoms with E-state index in [-0.39, 0.29) is 36.8 Å². The van der Waals surface area contributed by atoms with Gasteiger partial charge < -0.3 is 15.2 Å². The average Bonchev–Trinajstić information content (AvgIpc) is 3.20. The lowest BCUT2D eigenvalue weighted by atomic mass is 9.91. The summed E-state index contributed by atoms with van der Waals surface area (Å²) in [6.45, 7) is 3.71. The van der Waals surface area contributed by atoms with Crippen molar-refractivity contribution in [3.8, 4) is 11.1 Å². The Morgan fingerprint density at radius 3 is 2.05 bits per heavy atom. The fourth-order valence-electron chi connectivity index (χ4n) is 4.85. The molecule has 0 aliphatic heterocycles. The molecule has 0 fully saturated rings. The van der Waals surface area contributed by atoms with Gasteiger partial charge in [-0.2, -0.15) is 0 Å². The normalized spacial score (nSPS) is 13.9. The fourth-order valence-corrected chi connectivity index (χ4v) is 4.85. The van der Waals surface area contributed by atoms with Crippen molar-refractivity contribution in [1.29, 1.82) is 0 Å². The summed E-state index contributed by atoms with van der Waals surface area (Å²) < 4.78 is 19.7. The molecule has 0 radical (unpaired) electrons. The molecule has 0 aromatic heterocycles. The molecule has 0 bridgehead atoms. The van der Waals surface area contributed by atoms with E-state index in [0.717, 1.165) is 22.3 Å². The molecule has 0 heterocycles. The van der Waals surface area contributed by atoms with Gasteiger partial charge in [0.05, 0.1) is 12.3 Å². The van der Waals surface area contributed by atoms with Crippen LogP contribution in [0.15, 0.2) is 72.8 Å². The van der Waals surface area contributed by atoms with E-state index in [1.165, 1.54) is 18.2 Å². The van der Waals surface area contributed by atoms with Crippen LogP contribution in [0.1, 0.15) is 42.9 Å². The Kier molecular flexibility index (Phi) is 8.01. The summed E-state index contributed by atoms with van der Waals surface area (Å²) in [5, 5.41) is 12.1. The third kappa shape index (κ3) is 5.88. The van der Waals surface area contributed by atoms with Crippen LogP contribution >= 0.6 is 0 Å². The zero-order valence-electron chi connectivity index (χ0n) is 20.8. The lowest BCUT2D eigenvalue weighted by Gasteiger charge is -2.23. The number of amides is 1. The predicted octanol–water partition coefficient (Wildman–Crippen LogP) is 4.96. The van der Waals surface area contributed by atoms with Gasteiger partial charge in [0.25, 0.3) is 0 Å². The van der Waals surface area contributed by atoms with Crippen LogP contribution in [0.3, 0.4) is 0 Å². The smallest absolute Gasteiger partial charge is 0.326 e. The molecule has 37 heavy (non-hydrogen) atoms. The van der Waals surface area contributed by atoms with Crippen molar-refractivity contribution in [3.05, 3.63) is 95.3 Å². The molecule has 1 aliphatic carbocycles. The summed E-state index contributed by atoms with van der Waals surface area (Å²) >= 11 is 0. The third-order valence-corrected chi connectivity index (χ3v) is 6.90. The third-order valence-electron chi connectivity index (χ3n) is 6.90. The molecule has 6 nitrogen and oxygen atoms in total. The summed E-state index contributed by atoms with van der Waals surface area (Å²) in [6, 6.07) is 20.5. The van der Waals surface area contributed by atoms with E-state index in [1.807, 2.05) is 36.4 Å². The molecule has 7 heteroatoms. The zero-order valence-corrected chi connectivity index (χ0v) is 20.8. The Labute approximate surface area is 215 Å². The zero-order chi connectivity index (χ0) is 26.5. The highest BCUT2D eigenvalue weighted by Crippen LogP contribution is 2.44. The van der Waals surface area contributed by atoms with Gasteiger partial charge in [0.15, 0.2) is 0 Å². The molecule has 1 aliphatic rings. The molecular weight excluding hydrogens is 473 g/mol. The van der Waals surface area contributed by atoms with E-state index in [0.29, 0.717) is 0 Å². The lowest BCUT2D eigenvalue weighted by molar-refractivity contribution is -0.148. The molecule has 4 rings (SSSR count). The summed E-state index contributed by atoms with van der Waals surface area (Å²) in [7, 11) is 0. The van der Waals surface area contributed by atoms with Crippen LogP contribution in [-0.4, -0.2) is 35.6 Å². The van der Waals surface area contributed by atoms with Crippen molar-refractivity contribution in [2.75, 3.05) is 6.61 Å². The molecule has 3 aromatic carbocycles. The molecule has 0 saturated carbocycles. The second kappa shape index (κ2) is 11.4. The highest BCUT2D eigenvalue weighted by molar-refractivity contribution is 5.88. The van der Waals surface area contributed by atoms with Gasteiger partial charge in [0.1, 0.15) is 18.5 Å². The van der Waals surface area contributed by atoms with Crippen molar-refractivity contribution in [3.63, 3.8) is 0 Å². The first-order valence-electron chi connectivity index (χ1n) is 12.4. The second-order valence-electron chi connectivity index (χ2n) is 9.66. The summed E-state index contributed by atoms with van der Waals surface area (Å²) in [4.78, 5) is 37.6. The first-order valence-corrected chi connectivity index (χ1v) is 12.4. The maximum atomic E-state index is 14.0. The first kappa shape index (κ1) is 26.1. The number of ether oxygens (including phenoxy) is 1. The van der Waals surface area contributed by atoms with E-state index in [9.17, 15) is 23.9 Å². The Balaban J connectivity index is 1.40. The van der Waals surface area contributed by atoms with E-state index in [1.54, 1.807) is 19.9 Å². The second-order valence-corrected chi connectivity index (χ2v) is 9.66. The van der Waals surface area contributed by atoms with Crippen LogP contribution in [0.2, 0.25) is 0 Å². The highest BCUT2D eigenvalue weighted by atomic mass is 19.1. The molecule has 192 valence electrons. The van der Waals surface area contributed by atoms with Gasteiger partial charge in [-0.25, -0.2) is 9.18 Å². The molecule has 0 saturated heterocycles. The largest absolute Gasteiger partial charge is 0.480 e. The van der Waals surface area contributed by atoms with Crippen LogP contribution < -0.4 is 5.32 Å². The minimum atomic E-state index is -1.33. The number of rotatable bonds is 10. The van der Waals surface area contributed by atoms with Crippen molar-refractivity contribution in [2.45, 2.75) is 38.6 Å². The molecule has 3 aromatic rings. The van der Waals surface area contributed by atoms with E-state index < -0.39 is 35.6 Å². The standard InChI is InChI=1S/C30H30FNO5/c1-18(2)24(29(34)32-27(30(35)36)15-19-9-3-8-14-26(19)31)16-28(33)37-17-25-22-12-6-4-10-20(22)21-11-5-7-13-23(21)25/h3-14,18,24-25,27H,15-17H2,1-2H3,(H,32,34)(H,35,36)/t24-,27-/m0/s1. The summed E-state index contributed by atoms with van der Waals surface area (Å²) in [6.07, 6.45) is -0.394. The SMILES string of the molecule is CC(C)[C@H](CC(=O)OCC1c2ccccc2-c2ccccc21)C(=O)N[C@@H](Cc1ccccc1F)C(=O)O. The van der Waals surface area contributed by atoms with E-state index in [2.05, 4.69) is 17.4 Å². The Morgan fingerprint density at radius 2 is 1.49 bits per heavy atom. The number of halogens is 1. The number of nitrogens with one attached hydrogen (secondary N) is 1. The Bertz CT molecular complexity index is 1260. The van der Waals surface area contributed by atoms with Crippen LogP contribution in [0, 0.1) is 17.7 Å². The first-order chi connectivity index (χ1) is 17.8. The highest BCUT2D eigenvalue weighted by Gasteiger charge is 2.32. The predicted molar refractivity (Wildman–Crippen MR) is 137 cm³/mol. The van der Waals surface area contributed by atoms with Gasteiger partial charge in [-0.15, -0.1) is 0 Å². The lowest BCUT2D eigenvalue weighted by Crippen LogP contribution is -2.46. The number of benzene rings is 3. The number of hydrogen-bond donors (Lipinski definition) is 2. The number of esters is 1. The van der Waals surface area contributed by atoms with Gasteiger partial charge in [-0.3, -0.25) is 9.59 Å². The minimum Gasteiger partial charge on any atom is -0.480 e. The Hall–Kier alpha value is -4.00. The number of carbonyl (C=O) groups is 3. The van der Waals surface area contributed by atoms with Crippen LogP contribution in [-0.2, 0) is 25.5 Å². The quantitative estimate of drug-likeness (QED) is 0.382. The summed E-state index contributed by atoms with van der Waals surface area (Å²) in [5.74, 6) is -4.06. The monoisotopic (exact) mass is 503 g/mol. The van der Waals surface area contributed by atoms with E-state index >= 15 is 0 Å². The van der Waals surface area contributed by atoms with Gasteiger partial charge >= 0.3 is 11.9 Å². The van der Waals surface area contributed by atoms with Crippen LogP contribution in [0.5, 0.6) is 0 Å². The van der Waals surface area contributed by atoms with Crippen molar-refractivity contribution >= 4 is 17.8 Å². The number of aliphatic carboxylic acids is 1. The van der Waals surface area contributed by atoms with Crippen molar-refractivity contribution in [2.24, 2.45) is 11.8 Å². The fraction of sp³-hybridized carbons (Fsp3) is 0.300. The van der Waals surface area contributed by atoms with Crippen molar-refractivity contribution < 1.29 is 28.6 Å². The topological polar surface area (TPSA) is 92.7 Å². The maximum absolute atomic E-state index is 14.0. The molecule has 2 N–H and O–H groups in total. The van der Waals surface area contributed by atoms with Crippen LogP contribution in [0.25, 0.3) is 11.1 Å². The maximum Gasteiger partial charge on any atom is 0.326 e. The Morgan fingerprint density at radius 1 is 0.919 bits per heavy atom. The van der Waals surface area contributed by atoms with Gasteiger partial charge in [0.2, 0.25) is 5.91 Å². The van der Waals surface area contributed by atoms with Crippen LogP contribution in [0.4, 0.5) is 4.39 Å². The molecular formula is C30H30FNO5. The molecule has 0 unspecified atom stereocenters. The van der Waals surface area contributed by atoms with E-state index in [4.69, 9.17) is 4.74 Å². The number of hydrogen-bond acceptors (Lipinski definition) is 4. The molecule has 2 atom stereocenters.